The molecule has 3 aromatic rings. The predicted octanol–water partition coefficient (Wildman–Crippen LogP) is 3.47. The van der Waals surface area contributed by atoms with Crippen LogP contribution in [0.2, 0.25) is 0 Å². The molecule has 6 heteroatoms. The van der Waals surface area contributed by atoms with Gasteiger partial charge in [0, 0.05) is 30.9 Å². The quantitative estimate of drug-likeness (QED) is 0.659. The number of fused-ring (bicyclic) bond motifs is 3. The van der Waals surface area contributed by atoms with Crippen LogP contribution in [-0.2, 0) is 0 Å². The zero-order valence-electron chi connectivity index (χ0n) is 16.6. The third-order valence-electron chi connectivity index (χ3n) is 7.28. The first-order chi connectivity index (χ1) is 14.7. The molecule has 4 aliphatic rings. The van der Waals surface area contributed by atoms with Crippen molar-refractivity contribution in [2.45, 2.75) is 30.8 Å². The molecule has 2 aromatic carbocycles. The minimum atomic E-state index is -0.221. The van der Waals surface area contributed by atoms with Crippen molar-refractivity contribution < 1.29 is 9.18 Å². The van der Waals surface area contributed by atoms with Crippen molar-refractivity contribution in [1.29, 1.82) is 0 Å². The summed E-state index contributed by atoms with van der Waals surface area (Å²) in [6.07, 6.45) is 5.56. The molecule has 30 heavy (non-hydrogen) atoms. The molecule has 0 unspecified atom stereocenters. The number of carbonyl (C=O) groups excluding carboxylic acids is 1. The zero-order chi connectivity index (χ0) is 20.2. The molecule has 0 saturated carbocycles. The fraction of sp³-hybridized carbons (Fsp3) is 0.375. The summed E-state index contributed by atoms with van der Waals surface area (Å²) in [6, 6.07) is 13.0. The highest BCUT2D eigenvalue weighted by Crippen LogP contribution is 2.47. The van der Waals surface area contributed by atoms with Crippen LogP contribution in [0.3, 0.4) is 0 Å². The zero-order valence-corrected chi connectivity index (χ0v) is 16.6. The molecule has 0 radical (unpaired) electrons. The van der Waals surface area contributed by atoms with Crippen LogP contribution in [-0.4, -0.2) is 57.4 Å². The Labute approximate surface area is 174 Å². The molecule has 4 aliphatic heterocycles. The summed E-state index contributed by atoms with van der Waals surface area (Å²) in [6.45, 7) is 2.83. The van der Waals surface area contributed by atoms with E-state index in [-0.39, 0.29) is 23.7 Å². The van der Waals surface area contributed by atoms with Crippen LogP contribution in [0, 0.1) is 11.7 Å². The lowest BCUT2D eigenvalue weighted by atomic mass is 9.75. The van der Waals surface area contributed by atoms with Crippen molar-refractivity contribution in [3.05, 3.63) is 71.8 Å². The van der Waals surface area contributed by atoms with E-state index in [9.17, 15) is 9.18 Å². The van der Waals surface area contributed by atoms with E-state index in [1.165, 1.54) is 12.1 Å². The first-order valence-electron chi connectivity index (χ1n) is 10.7. The molecular formula is C24H23FN4O. The van der Waals surface area contributed by atoms with Crippen molar-refractivity contribution in [3.8, 4) is 0 Å². The number of benzene rings is 2. The number of piperidine rings is 3. The van der Waals surface area contributed by atoms with E-state index < -0.39 is 0 Å². The summed E-state index contributed by atoms with van der Waals surface area (Å²) in [5, 5.41) is 0. The smallest absolute Gasteiger partial charge is 0.256 e. The van der Waals surface area contributed by atoms with Crippen LogP contribution in [0.15, 0.2) is 54.9 Å². The number of amides is 1. The summed E-state index contributed by atoms with van der Waals surface area (Å²) < 4.78 is 13.5. The first kappa shape index (κ1) is 18.0. The van der Waals surface area contributed by atoms with Gasteiger partial charge in [-0.2, -0.15) is 0 Å². The van der Waals surface area contributed by atoms with Gasteiger partial charge in [-0.15, -0.1) is 0 Å². The summed E-state index contributed by atoms with van der Waals surface area (Å²) in [4.78, 5) is 27.2. The Morgan fingerprint density at radius 2 is 1.73 bits per heavy atom. The van der Waals surface area contributed by atoms with Crippen LogP contribution in [0.1, 0.15) is 34.7 Å². The van der Waals surface area contributed by atoms with Crippen molar-refractivity contribution in [2.75, 3.05) is 19.6 Å². The number of hydrogen-bond donors (Lipinski definition) is 0. The van der Waals surface area contributed by atoms with Crippen LogP contribution in [0.25, 0.3) is 11.0 Å². The molecule has 1 aromatic heterocycles. The van der Waals surface area contributed by atoms with Crippen LogP contribution < -0.4 is 0 Å². The Balaban J connectivity index is 1.42. The van der Waals surface area contributed by atoms with Gasteiger partial charge in [-0.3, -0.25) is 19.7 Å². The number of aromatic nitrogens is 2. The number of rotatable bonds is 2. The number of carbonyl (C=O) groups is 1. The summed E-state index contributed by atoms with van der Waals surface area (Å²) in [5.74, 6) is 0.537. The Morgan fingerprint density at radius 1 is 0.967 bits per heavy atom. The van der Waals surface area contributed by atoms with Gasteiger partial charge in [0.05, 0.1) is 17.1 Å². The second-order valence-electron chi connectivity index (χ2n) is 8.70. The molecule has 1 amide bonds. The van der Waals surface area contributed by atoms with Crippen molar-refractivity contribution in [3.63, 3.8) is 0 Å². The van der Waals surface area contributed by atoms with Crippen LogP contribution in [0.4, 0.5) is 4.39 Å². The number of nitrogens with zero attached hydrogens (tertiary/aromatic N) is 4. The molecule has 2 bridgehead atoms. The van der Waals surface area contributed by atoms with E-state index in [4.69, 9.17) is 0 Å². The van der Waals surface area contributed by atoms with E-state index in [2.05, 4.69) is 19.8 Å². The largest absolute Gasteiger partial charge is 0.333 e. The number of para-hydroxylation sites is 1. The highest BCUT2D eigenvalue weighted by molar-refractivity contribution is 6.05. The van der Waals surface area contributed by atoms with Crippen LogP contribution in [0.5, 0.6) is 0 Å². The maximum Gasteiger partial charge on any atom is 0.256 e. The number of halogens is 1. The Bertz CT molecular complexity index is 1100. The van der Waals surface area contributed by atoms with Gasteiger partial charge in [-0.05, 0) is 61.7 Å². The molecule has 152 valence electrons. The first-order valence-corrected chi connectivity index (χ1v) is 10.7. The topological polar surface area (TPSA) is 49.3 Å². The highest BCUT2D eigenvalue weighted by Gasteiger charge is 2.54. The van der Waals surface area contributed by atoms with Gasteiger partial charge < -0.3 is 4.90 Å². The number of likely N-dealkylation sites (tertiary alicyclic amines) is 1. The van der Waals surface area contributed by atoms with Gasteiger partial charge in [-0.25, -0.2) is 4.39 Å². The van der Waals surface area contributed by atoms with E-state index in [1.807, 2.05) is 30.3 Å². The summed E-state index contributed by atoms with van der Waals surface area (Å²) >= 11 is 0. The average Bonchev–Trinajstić information content (AvgIpc) is 3.22. The lowest BCUT2D eigenvalue weighted by Gasteiger charge is -2.51. The molecule has 0 N–H and O–H groups in total. The Kier molecular flexibility index (Phi) is 4.09. The molecular weight excluding hydrogens is 379 g/mol. The van der Waals surface area contributed by atoms with E-state index in [1.54, 1.807) is 12.4 Å². The van der Waals surface area contributed by atoms with Gasteiger partial charge in [0.25, 0.3) is 5.91 Å². The third kappa shape index (κ3) is 2.67. The Hall–Kier alpha value is -2.86. The van der Waals surface area contributed by atoms with Crippen LogP contribution >= 0.6 is 0 Å². The summed E-state index contributed by atoms with van der Waals surface area (Å²) in [7, 11) is 0. The maximum absolute atomic E-state index is 13.8. The lowest BCUT2D eigenvalue weighted by molar-refractivity contribution is -0.00335. The fourth-order valence-corrected chi connectivity index (χ4v) is 5.98. The Morgan fingerprint density at radius 3 is 2.53 bits per heavy atom. The number of hydrogen-bond acceptors (Lipinski definition) is 4. The average molecular weight is 402 g/mol. The van der Waals surface area contributed by atoms with E-state index in [0.717, 1.165) is 37.0 Å². The van der Waals surface area contributed by atoms with Crippen molar-refractivity contribution in [1.82, 2.24) is 19.8 Å². The van der Waals surface area contributed by atoms with Crippen molar-refractivity contribution >= 4 is 16.9 Å². The van der Waals surface area contributed by atoms with Gasteiger partial charge >= 0.3 is 0 Å². The molecule has 3 atom stereocenters. The maximum atomic E-state index is 13.8. The minimum absolute atomic E-state index is 0.0365. The normalized spacial score (nSPS) is 29.9. The fourth-order valence-electron chi connectivity index (χ4n) is 5.98. The molecule has 7 rings (SSSR count). The SMILES string of the molecule is O=C(c1cccc2nccnc12)N1C[C@H](c2ccc(F)cc2)[C@H]2[C@@H]1C1CCN2CC1. The van der Waals surface area contributed by atoms with Gasteiger partial charge in [0.2, 0.25) is 0 Å². The molecule has 4 fully saturated rings. The van der Waals surface area contributed by atoms with Gasteiger partial charge in [-0.1, -0.05) is 18.2 Å². The monoisotopic (exact) mass is 402 g/mol. The van der Waals surface area contributed by atoms with E-state index >= 15 is 0 Å². The van der Waals surface area contributed by atoms with Crippen molar-refractivity contribution in [2.24, 2.45) is 5.92 Å². The van der Waals surface area contributed by atoms with E-state index in [0.29, 0.717) is 29.6 Å². The summed E-state index contributed by atoms with van der Waals surface area (Å²) in [5.41, 5.74) is 3.14. The minimum Gasteiger partial charge on any atom is -0.333 e. The standard InChI is InChI=1S/C24H23FN4O/c25-17-6-4-15(5-7-17)19-14-29(22-16-8-12-28(13-9-16)23(19)22)24(30)18-2-1-3-20-21(18)27-11-10-26-20/h1-7,10-11,16,19,22-23H,8-9,12-14H2/t19-,22+,23+/m1/s1. The predicted molar refractivity (Wildman–Crippen MR) is 112 cm³/mol. The second kappa shape index (κ2) is 6.84. The molecule has 5 heterocycles. The van der Waals surface area contributed by atoms with Gasteiger partial charge in [0.1, 0.15) is 11.3 Å². The molecule has 5 nitrogen and oxygen atoms in total. The molecule has 4 saturated heterocycles. The lowest BCUT2D eigenvalue weighted by Crippen LogP contribution is -2.60. The second-order valence-corrected chi connectivity index (χ2v) is 8.70. The molecule has 0 spiro atoms. The molecule has 0 aliphatic carbocycles. The highest BCUT2D eigenvalue weighted by atomic mass is 19.1. The van der Waals surface area contributed by atoms with Gasteiger partial charge in [0.15, 0.2) is 0 Å². The third-order valence-corrected chi connectivity index (χ3v) is 7.28.